The number of imidazole rings is 1. The zero-order valence-electron chi connectivity index (χ0n) is 20.5. The monoisotopic (exact) mass is 1020 g/mol. The van der Waals surface area contributed by atoms with Gasteiger partial charge in [-0.25, -0.2) is 9.78 Å². The van der Waals surface area contributed by atoms with Crippen LogP contribution >= 0.6 is 20.7 Å². The summed E-state index contributed by atoms with van der Waals surface area (Å²) in [6, 6.07) is 0. The van der Waals surface area contributed by atoms with Gasteiger partial charge in [-0.1, -0.05) is 0 Å². The Morgan fingerprint density at radius 1 is 1.21 bits per heavy atom. The molecule has 1 N–H and O–H groups in total. The number of aliphatic imine (C=N–C) groups is 1. The Labute approximate surface area is 257 Å². The van der Waals surface area contributed by atoms with E-state index in [1.165, 1.54) is 29.6 Å². The van der Waals surface area contributed by atoms with Crippen molar-refractivity contribution in [1.29, 1.82) is 0 Å². The molecule has 2 aliphatic rings. The van der Waals surface area contributed by atoms with E-state index in [2.05, 4.69) is 25.3 Å². The van der Waals surface area contributed by atoms with Crippen LogP contribution in [0, 0.1) is 5.92 Å². The van der Waals surface area contributed by atoms with E-state index >= 15 is 0 Å². The summed E-state index contributed by atoms with van der Waals surface area (Å²) in [4.78, 5) is 57.4. The second kappa shape index (κ2) is 11.0. The molecule has 2 aliphatic heterocycles. The van der Waals surface area contributed by atoms with Crippen LogP contribution in [0.1, 0.15) is 12.0 Å². The van der Waals surface area contributed by atoms with Crippen molar-refractivity contribution in [2.24, 2.45) is 25.0 Å². The fourth-order valence-corrected chi connectivity index (χ4v) is 8.28. The SMILES string of the molecule is Cn1c(=O)c2c(ncn2CC(=O)NC2=NC(c3cnc(N4CCC([C](F)([Tl])[Tl])C4)nc3)=IC=C2)n(C)c1=O. The van der Waals surface area contributed by atoms with E-state index in [0.717, 1.165) is 26.7 Å². The number of fused-ring (bicyclic) bond motifs is 1. The zero-order chi connectivity index (χ0) is 27.2. The summed E-state index contributed by atoms with van der Waals surface area (Å²) in [5, 5.41) is 2.78. The van der Waals surface area contributed by atoms with Gasteiger partial charge in [-0.15, -0.1) is 0 Å². The molecule has 16 heteroatoms. The minimum absolute atomic E-state index is 0.0931. The number of aromatic nitrogens is 6. The number of aryl methyl sites for hydroxylation is 1. The molecule has 38 heavy (non-hydrogen) atoms. The Bertz CT molecular complexity index is 1640. The van der Waals surface area contributed by atoms with Gasteiger partial charge in [-0.3, -0.25) is 18.7 Å². The summed E-state index contributed by atoms with van der Waals surface area (Å²) in [7, 11) is 2.91. The molecule has 0 saturated carbocycles. The smallest absolute Gasteiger partial charge is 0.279 e. The predicted octanol–water partition coefficient (Wildman–Crippen LogP) is -0.799. The van der Waals surface area contributed by atoms with E-state index in [1.807, 2.05) is 8.98 Å². The summed E-state index contributed by atoms with van der Waals surface area (Å²) in [5.41, 5.74) is 0.165. The van der Waals surface area contributed by atoms with Crippen molar-refractivity contribution >= 4 is 105 Å². The van der Waals surface area contributed by atoms with E-state index in [9.17, 15) is 18.8 Å². The van der Waals surface area contributed by atoms with Crippen LogP contribution in [0.4, 0.5) is 10.3 Å². The first-order valence-corrected chi connectivity index (χ1v) is 18.3. The van der Waals surface area contributed by atoms with Gasteiger partial charge in [0.25, 0.3) is 5.56 Å². The molecule has 0 aliphatic carbocycles. The van der Waals surface area contributed by atoms with Crippen LogP contribution in [0.2, 0.25) is 0 Å². The molecule has 0 radical (unpaired) electrons. The Kier molecular flexibility index (Phi) is 8.09. The fourth-order valence-electron chi connectivity index (χ4n) is 4.26. The van der Waals surface area contributed by atoms with Crippen LogP contribution in [0.25, 0.3) is 11.2 Å². The second-order valence-electron chi connectivity index (χ2n) is 9.02. The number of amidine groups is 1. The number of rotatable bonds is 5. The Hall–Kier alpha value is -1.72. The van der Waals surface area contributed by atoms with Gasteiger partial charge in [-0.05, 0) is 0 Å². The van der Waals surface area contributed by atoms with Gasteiger partial charge >= 0.3 is 177 Å². The molecule has 1 amide bonds. The summed E-state index contributed by atoms with van der Waals surface area (Å²) < 4.78 is 20.0. The van der Waals surface area contributed by atoms with Crippen LogP contribution in [-0.4, -0.2) is 109 Å². The first kappa shape index (κ1) is 27.8. The van der Waals surface area contributed by atoms with Crippen molar-refractivity contribution in [3.8, 4) is 0 Å². The van der Waals surface area contributed by atoms with Gasteiger partial charge in [0.2, 0.25) is 5.91 Å². The number of carbonyl (C=O) groups is 1. The number of hydrogen-bond donors (Lipinski definition) is 1. The number of halogens is 2. The van der Waals surface area contributed by atoms with Crippen molar-refractivity contribution < 1.29 is 9.18 Å². The zero-order valence-corrected chi connectivity index (χ0v) is 31.6. The normalized spacial score (nSPS) is 17.7. The molecule has 0 spiro atoms. The average Bonchev–Trinajstić information content (AvgIpc) is 3.55. The first-order valence-electron chi connectivity index (χ1n) is 11.5. The van der Waals surface area contributed by atoms with E-state index in [4.69, 9.17) is 0 Å². The molecule has 12 nitrogen and oxygen atoms in total. The molecule has 192 valence electrons. The van der Waals surface area contributed by atoms with E-state index in [1.54, 1.807) is 18.5 Å². The molecule has 5 heterocycles. The molecule has 1 atom stereocenters. The fraction of sp³-hybridized carbons (Fsp3) is 0.364. The molecule has 3 aromatic heterocycles. The van der Waals surface area contributed by atoms with Gasteiger partial charge < -0.3 is 4.57 Å². The molecule has 3 aromatic rings. The maximum absolute atomic E-state index is 14.5. The Morgan fingerprint density at radius 2 is 1.95 bits per heavy atom. The van der Waals surface area contributed by atoms with Crippen molar-refractivity contribution in [1.82, 2.24) is 34.0 Å². The van der Waals surface area contributed by atoms with Crippen LogP contribution in [-0.2, 0) is 25.4 Å². The molecular weight excluding hydrogens is 993 g/mol. The molecular formula is C22H21FIN9O3Tl2. The average molecular weight is 1010 g/mol. The van der Waals surface area contributed by atoms with Crippen LogP contribution in [0.15, 0.2) is 43.5 Å². The number of nitrogens with one attached hydrogen (secondary N) is 1. The minimum atomic E-state index is -0.905. The molecule has 0 bridgehead atoms. The first-order chi connectivity index (χ1) is 18.0. The van der Waals surface area contributed by atoms with Gasteiger partial charge in [0.05, 0.1) is 6.33 Å². The van der Waals surface area contributed by atoms with Crippen molar-refractivity contribution in [2.45, 2.75) is 13.8 Å². The van der Waals surface area contributed by atoms with Gasteiger partial charge in [-0.2, -0.15) is 0 Å². The summed E-state index contributed by atoms with van der Waals surface area (Å²) in [6.45, 7) is 1.26. The molecule has 1 fully saturated rings. The minimum Gasteiger partial charge on any atom is -0.279 e. The van der Waals surface area contributed by atoms with Gasteiger partial charge in [0.15, 0.2) is 11.2 Å². The van der Waals surface area contributed by atoms with Crippen molar-refractivity contribution in [3.63, 3.8) is 0 Å². The number of amides is 1. The molecule has 5 rings (SSSR count). The predicted molar refractivity (Wildman–Crippen MR) is 151 cm³/mol. The van der Waals surface area contributed by atoms with E-state index < -0.39 is 32.8 Å². The Morgan fingerprint density at radius 3 is 2.63 bits per heavy atom. The van der Waals surface area contributed by atoms with E-state index in [-0.39, 0.29) is 29.5 Å². The molecule has 1 unspecified atom stereocenters. The quantitative estimate of drug-likeness (QED) is 0.262. The maximum atomic E-state index is 14.5. The third-order valence-electron chi connectivity index (χ3n) is 6.38. The summed E-state index contributed by atoms with van der Waals surface area (Å²) in [5.74, 6) is 0.693. The molecule has 1 saturated heterocycles. The number of alkyl halides is 1. The van der Waals surface area contributed by atoms with Crippen LogP contribution in [0.3, 0.4) is 0 Å². The number of anilines is 1. The summed E-state index contributed by atoms with van der Waals surface area (Å²) in [6.07, 6.45) is 7.44. The summed E-state index contributed by atoms with van der Waals surface area (Å²) >= 11 is 0.160. The third kappa shape index (κ3) is 5.61. The van der Waals surface area contributed by atoms with Crippen molar-refractivity contribution in [3.05, 3.63) is 55.3 Å². The number of carbonyl (C=O) groups excluding carboxylic acids is 1. The standard InChI is InChI=1S/C22H21FIN9O3.2Tl/c1-30-19-17(20(35)31(2)22(30)36)33(12-27-19)11-16(34)28-15-3-5-24-18(29-15)14-8-25-21(26-9-14)32-6-4-13(7-23)10-32;;/h3,5,8-9,12-13H,4,6,10-11H2,1-2H3,(H,28,29,34);;. The van der Waals surface area contributed by atoms with Crippen LogP contribution in [0.5, 0.6) is 0 Å². The Balaban J connectivity index is 1.28. The van der Waals surface area contributed by atoms with Gasteiger partial charge in [0.1, 0.15) is 6.54 Å². The van der Waals surface area contributed by atoms with Crippen molar-refractivity contribution in [2.75, 3.05) is 18.0 Å². The number of hydrogen-bond acceptors (Lipinski definition) is 8. The number of nitrogens with zero attached hydrogens (tertiary/aromatic N) is 8. The van der Waals surface area contributed by atoms with Gasteiger partial charge in [0, 0.05) is 14.1 Å². The topological polar surface area (TPSA) is 132 Å². The second-order valence-corrected chi connectivity index (χ2v) is 28.3. The molecule has 0 aromatic carbocycles. The van der Waals surface area contributed by atoms with Crippen LogP contribution < -0.4 is 21.5 Å². The van der Waals surface area contributed by atoms with E-state index in [0.29, 0.717) is 69.9 Å². The third-order valence-corrected chi connectivity index (χ3v) is 12.2.